The average Bonchev–Trinajstić information content (AvgIpc) is 2.80. The summed E-state index contributed by atoms with van der Waals surface area (Å²) < 4.78 is 6.25. The van der Waals surface area contributed by atoms with E-state index >= 15 is 0 Å². The molecule has 154 valence electrons. The molecule has 30 heavy (non-hydrogen) atoms. The van der Waals surface area contributed by atoms with Crippen LogP contribution in [0.5, 0.6) is 5.75 Å². The summed E-state index contributed by atoms with van der Waals surface area (Å²) in [4.78, 5) is 14.0. The van der Waals surface area contributed by atoms with E-state index in [1.54, 1.807) is 0 Å². The molecule has 4 nitrogen and oxygen atoms in total. The molecule has 1 aliphatic rings. The van der Waals surface area contributed by atoms with Gasteiger partial charge in [0.25, 0.3) is 0 Å². The van der Waals surface area contributed by atoms with Crippen LogP contribution in [-0.4, -0.2) is 29.1 Å². The van der Waals surface area contributed by atoms with Crippen LogP contribution in [0, 0.1) is 5.92 Å². The van der Waals surface area contributed by atoms with E-state index in [0.717, 1.165) is 41.8 Å². The Labute approximate surface area is 177 Å². The summed E-state index contributed by atoms with van der Waals surface area (Å²) in [5.41, 5.74) is 3.34. The van der Waals surface area contributed by atoms with Crippen LogP contribution in [-0.2, 0) is 11.4 Å². The van der Waals surface area contributed by atoms with Gasteiger partial charge in [0.15, 0.2) is 0 Å². The molecule has 0 aromatic heterocycles. The third-order valence-corrected chi connectivity index (χ3v) is 5.73. The van der Waals surface area contributed by atoms with E-state index in [4.69, 9.17) is 4.74 Å². The van der Waals surface area contributed by atoms with Crippen molar-refractivity contribution in [2.75, 3.05) is 13.1 Å². The van der Waals surface area contributed by atoms with Gasteiger partial charge < -0.3 is 9.84 Å². The minimum atomic E-state index is -0.708. The van der Waals surface area contributed by atoms with Gasteiger partial charge in [-0.3, -0.25) is 9.69 Å². The van der Waals surface area contributed by atoms with Gasteiger partial charge in [-0.2, -0.15) is 0 Å². The van der Waals surface area contributed by atoms with Gasteiger partial charge in [0, 0.05) is 12.1 Å². The third kappa shape index (κ3) is 4.71. The molecule has 4 heteroatoms. The molecule has 0 saturated carbocycles. The van der Waals surface area contributed by atoms with Gasteiger partial charge in [-0.1, -0.05) is 78.9 Å². The molecular formula is C26H27NO3. The molecule has 0 aliphatic carbocycles. The molecule has 3 aromatic carbocycles. The number of para-hydroxylation sites is 1. The first-order chi connectivity index (χ1) is 14.7. The molecule has 0 amide bonds. The number of piperidine rings is 1. The molecule has 2 atom stereocenters. The second-order valence-electron chi connectivity index (χ2n) is 7.80. The van der Waals surface area contributed by atoms with E-state index in [9.17, 15) is 9.90 Å². The quantitative estimate of drug-likeness (QED) is 0.595. The summed E-state index contributed by atoms with van der Waals surface area (Å²) in [6, 6.07) is 28.5. The summed E-state index contributed by atoms with van der Waals surface area (Å²) in [6.07, 6.45) is 1.62. The van der Waals surface area contributed by atoms with Crippen molar-refractivity contribution in [1.29, 1.82) is 0 Å². The smallest absolute Gasteiger partial charge is 0.307 e. The SMILES string of the molecule is O=C(O)C1CCCN(C(c2ccccc2)c2ccccc2OCc2ccccc2)C1. The number of hydrogen-bond donors (Lipinski definition) is 1. The monoisotopic (exact) mass is 401 g/mol. The van der Waals surface area contributed by atoms with E-state index in [1.165, 1.54) is 0 Å². The van der Waals surface area contributed by atoms with Crippen LogP contribution in [0.15, 0.2) is 84.9 Å². The molecule has 1 fully saturated rings. The molecule has 1 saturated heterocycles. The van der Waals surface area contributed by atoms with Crippen LogP contribution >= 0.6 is 0 Å². The Kier molecular flexibility index (Phi) is 6.45. The lowest BCUT2D eigenvalue weighted by Crippen LogP contribution is -2.41. The van der Waals surface area contributed by atoms with Crippen molar-refractivity contribution in [3.63, 3.8) is 0 Å². The predicted octanol–water partition coefficient (Wildman–Crippen LogP) is 5.15. The van der Waals surface area contributed by atoms with E-state index in [-0.39, 0.29) is 12.0 Å². The van der Waals surface area contributed by atoms with E-state index < -0.39 is 5.97 Å². The lowest BCUT2D eigenvalue weighted by molar-refractivity contribution is -0.143. The topological polar surface area (TPSA) is 49.8 Å². The van der Waals surface area contributed by atoms with Crippen molar-refractivity contribution in [2.24, 2.45) is 5.92 Å². The fourth-order valence-corrected chi connectivity index (χ4v) is 4.24. The molecule has 4 rings (SSSR count). The maximum atomic E-state index is 11.7. The number of hydrogen-bond acceptors (Lipinski definition) is 3. The highest BCUT2D eigenvalue weighted by molar-refractivity contribution is 5.70. The third-order valence-electron chi connectivity index (χ3n) is 5.73. The first-order valence-corrected chi connectivity index (χ1v) is 10.5. The molecule has 2 unspecified atom stereocenters. The Hall–Kier alpha value is -3.11. The van der Waals surface area contributed by atoms with E-state index in [1.807, 2.05) is 54.6 Å². The molecular weight excluding hydrogens is 374 g/mol. The summed E-state index contributed by atoms with van der Waals surface area (Å²) in [6.45, 7) is 1.91. The van der Waals surface area contributed by atoms with Crippen LogP contribution in [0.25, 0.3) is 0 Å². The number of rotatable bonds is 7. The number of aliphatic carboxylic acids is 1. The highest BCUT2D eigenvalue weighted by Crippen LogP contribution is 2.37. The van der Waals surface area contributed by atoms with Crippen molar-refractivity contribution in [2.45, 2.75) is 25.5 Å². The van der Waals surface area contributed by atoms with Gasteiger partial charge in [-0.15, -0.1) is 0 Å². The molecule has 1 N–H and O–H groups in total. The van der Waals surface area contributed by atoms with Crippen molar-refractivity contribution >= 4 is 5.97 Å². The number of carboxylic acids is 1. The predicted molar refractivity (Wildman–Crippen MR) is 117 cm³/mol. The fraction of sp³-hybridized carbons (Fsp3) is 0.269. The van der Waals surface area contributed by atoms with Crippen LogP contribution in [0.4, 0.5) is 0 Å². The first-order valence-electron chi connectivity index (χ1n) is 10.5. The largest absolute Gasteiger partial charge is 0.489 e. The minimum Gasteiger partial charge on any atom is -0.489 e. The highest BCUT2D eigenvalue weighted by atomic mass is 16.5. The van der Waals surface area contributed by atoms with Gasteiger partial charge in [0.2, 0.25) is 0 Å². The Morgan fingerprint density at radius 1 is 0.967 bits per heavy atom. The van der Waals surface area contributed by atoms with Gasteiger partial charge in [0.1, 0.15) is 12.4 Å². The van der Waals surface area contributed by atoms with Crippen LogP contribution in [0.1, 0.15) is 35.6 Å². The highest BCUT2D eigenvalue weighted by Gasteiger charge is 2.32. The molecule has 0 radical (unpaired) electrons. The number of benzene rings is 3. The van der Waals surface area contributed by atoms with E-state index in [2.05, 4.69) is 35.2 Å². The van der Waals surface area contributed by atoms with Crippen molar-refractivity contribution < 1.29 is 14.6 Å². The number of carbonyl (C=O) groups is 1. The maximum Gasteiger partial charge on any atom is 0.307 e. The van der Waals surface area contributed by atoms with E-state index in [0.29, 0.717) is 13.2 Å². The van der Waals surface area contributed by atoms with Gasteiger partial charge >= 0.3 is 5.97 Å². The first kappa shape index (κ1) is 20.2. The molecule has 3 aromatic rings. The number of likely N-dealkylation sites (tertiary alicyclic amines) is 1. The number of carboxylic acid groups (broad SMARTS) is 1. The number of nitrogens with zero attached hydrogens (tertiary/aromatic N) is 1. The normalized spacial score (nSPS) is 17.9. The zero-order valence-corrected chi connectivity index (χ0v) is 17.0. The summed E-state index contributed by atoms with van der Waals surface area (Å²) in [5, 5.41) is 9.59. The van der Waals surface area contributed by atoms with Crippen LogP contribution < -0.4 is 4.74 Å². The van der Waals surface area contributed by atoms with Crippen LogP contribution in [0.3, 0.4) is 0 Å². The zero-order valence-electron chi connectivity index (χ0n) is 17.0. The summed E-state index contributed by atoms with van der Waals surface area (Å²) in [7, 11) is 0. The number of ether oxygens (including phenoxy) is 1. The Morgan fingerprint density at radius 2 is 1.63 bits per heavy atom. The summed E-state index contributed by atoms with van der Waals surface area (Å²) in [5.74, 6) is -0.199. The van der Waals surface area contributed by atoms with Crippen molar-refractivity contribution in [1.82, 2.24) is 4.90 Å². The standard InChI is InChI=1S/C26H27NO3/c28-26(29)22-14-9-17-27(18-22)25(21-12-5-2-6-13-21)23-15-7-8-16-24(23)30-19-20-10-3-1-4-11-20/h1-8,10-13,15-16,22,25H,9,14,17-19H2,(H,28,29). The second kappa shape index (κ2) is 9.59. The summed E-state index contributed by atoms with van der Waals surface area (Å²) >= 11 is 0. The minimum absolute atomic E-state index is 0.0414. The average molecular weight is 402 g/mol. The molecule has 1 aliphatic heterocycles. The molecule has 0 bridgehead atoms. The fourth-order valence-electron chi connectivity index (χ4n) is 4.24. The van der Waals surface area contributed by atoms with Gasteiger partial charge in [-0.25, -0.2) is 0 Å². The van der Waals surface area contributed by atoms with Gasteiger partial charge in [-0.05, 0) is 36.6 Å². The lowest BCUT2D eigenvalue weighted by Gasteiger charge is -2.38. The van der Waals surface area contributed by atoms with Crippen molar-refractivity contribution in [3.8, 4) is 5.75 Å². The zero-order chi connectivity index (χ0) is 20.8. The Bertz CT molecular complexity index is 958. The second-order valence-corrected chi connectivity index (χ2v) is 7.80. The van der Waals surface area contributed by atoms with Gasteiger partial charge in [0.05, 0.1) is 12.0 Å². The Morgan fingerprint density at radius 3 is 2.37 bits per heavy atom. The van der Waals surface area contributed by atoms with Crippen molar-refractivity contribution in [3.05, 3.63) is 102 Å². The lowest BCUT2D eigenvalue weighted by atomic mass is 9.91. The maximum absolute atomic E-state index is 11.7. The Balaban J connectivity index is 1.67. The molecule has 1 heterocycles. The molecule has 0 spiro atoms. The van der Waals surface area contributed by atoms with Crippen LogP contribution in [0.2, 0.25) is 0 Å².